The van der Waals surface area contributed by atoms with Crippen molar-refractivity contribution >= 4 is 34.4 Å². The van der Waals surface area contributed by atoms with Crippen LogP contribution in [0.15, 0.2) is 53.7 Å². The Labute approximate surface area is 164 Å². The number of rotatable bonds is 3. The lowest BCUT2D eigenvalue weighted by molar-refractivity contribution is 0.102. The molecule has 9 heteroatoms. The zero-order valence-electron chi connectivity index (χ0n) is 15.0. The summed E-state index contributed by atoms with van der Waals surface area (Å²) in [7, 11) is 1.59. The largest absolute Gasteiger partial charge is 0.305 e. The van der Waals surface area contributed by atoms with Gasteiger partial charge in [0.15, 0.2) is 11.2 Å². The molecule has 0 bridgehead atoms. The predicted molar refractivity (Wildman–Crippen MR) is 106 cm³/mol. The predicted octanol–water partition coefficient (Wildman–Crippen LogP) is 2.73. The molecule has 140 valence electrons. The highest BCUT2D eigenvalue weighted by Crippen LogP contribution is 2.20. The van der Waals surface area contributed by atoms with E-state index in [-0.39, 0.29) is 22.3 Å². The average molecular weight is 395 g/mol. The summed E-state index contributed by atoms with van der Waals surface area (Å²) in [6, 6.07) is 10.4. The van der Waals surface area contributed by atoms with E-state index in [4.69, 9.17) is 11.6 Å². The van der Waals surface area contributed by atoms with Crippen LogP contribution in [-0.4, -0.2) is 30.2 Å². The molecule has 4 aromatic rings. The monoisotopic (exact) mass is 394 g/mol. The molecule has 0 fully saturated rings. The van der Waals surface area contributed by atoms with Crippen LogP contribution in [0.1, 0.15) is 16.1 Å². The van der Waals surface area contributed by atoms with Gasteiger partial charge in [-0.3, -0.25) is 9.59 Å². The summed E-state index contributed by atoms with van der Waals surface area (Å²) in [5.41, 5.74) is 1.67. The van der Waals surface area contributed by atoms with Crippen molar-refractivity contribution in [3.8, 4) is 5.69 Å². The second-order valence-electron chi connectivity index (χ2n) is 6.27. The summed E-state index contributed by atoms with van der Waals surface area (Å²) in [5, 5.41) is 7.62. The molecule has 0 saturated carbocycles. The number of fused-ring (bicyclic) bond motifs is 1. The normalized spacial score (nSPS) is 11.0. The van der Waals surface area contributed by atoms with Gasteiger partial charge in [0.2, 0.25) is 0 Å². The zero-order chi connectivity index (χ0) is 19.8. The third kappa shape index (κ3) is 3.14. The Hall–Kier alpha value is -3.52. The molecule has 0 atom stereocenters. The van der Waals surface area contributed by atoms with Gasteiger partial charge in [-0.25, -0.2) is 14.6 Å². The summed E-state index contributed by atoms with van der Waals surface area (Å²) in [4.78, 5) is 33.9. The van der Waals surface area contributed by atoms with Crippen molar-refractivity contribution < 1.29 is 4.79 Å². The number of benzene rings is 1. The van der Waals surface area contributed by atoms with Gasteiger partial charge >= 0.3 is 0 Å². The maximum atomic E-state index is 12.8. The molecule has 1 amide bonds. The lowest BCUT2D eigenvalue weighted by atomic mass is 10.3. The fraction of sp³-hybridized carbons (Fsp3) is 0.105. The van der Waals surface area contributed by atoms with Gasteiger partial charge in [0.05, 0.1) is 12.0 Å². The zero-order valence-corrected chi connectivity index (χ0v) is 15.8. The van der Waals surface area contributed by atoms with Crippen LogP contribution in [0.2, 0.25) is 5.02 Å². The van der Waals surface area contributed by atoms with E-state index >= 15 is 0 Å². The summed E-state index contributed by atoms with van der Waals surface area (Å²) in [6.45, 7) is 1.90. The Kier molecular flexibility index (Phi) is 4.40. The average Bonchev–Trinajstić information content (AvgIpc) is 3.06. The smallest absolute Gasteiger partial charge is 0.279 e. The van der Waals surface area contributed by atoms with Crippen LogP contribution in [0.4, 0.5) is 5.82 Å². The second-order valence-corrected chi connectivity index (χ2v) is 6.70. The van der Waals surface area contributed by atoms with E-state index < -0.39 is 5.91 Å². The van der Waals surface area contributed by atoms with Gasteiger partial charge in [-0.1, -0.05) is 11.6 Å². The highest BCUT2D eigenvalue weighted by molar-refractivity contribution is 6.30. The summed E-state index contributed by atoms with van der Waals surface area (Å²) in [6.07, 6.45) is 2.96. The fourth-order valence-electron chi connectivity index (χ4n) is 2.79. The van der Waals surface area contributed by atoms with E-state index in [1.54, 1.807) is 43.6 Å². The molecular weight excluding hydrogens is 380 g/mol. The quantitative estimate of drug-likeness (QED) is 0.576. The van der Waals surface area contributed by atoms with Crippen LogP contribution >= 0.6 is 11.6 Å². The van der Waals surface area contributed by atoms with E-state index in [1.807, 2.05) is 13.0 Å². The molecule has 0 radical (unpaired) electrons. The van der Waals surface area contributed by atoms with Crippen LogP contribution in [-0.2, 0) is 7.05 Å². The van der Waals surface area contributed by atoms with Gasteiger partial charge in [0.1, 0.15) is 11.3 Å². The molecular formula is C19H15ClN6O2. The molecule has 0 spiro atoms. The number of aryl methyl sites for hydroxylation is 2. The first-order valence-corrected chi connectivity index (χ1v) is 8.76. The van der Waals surface area contributed by atoms with Crippen LogP contribution in [0.5, 0.6) is 0 Å². The van der Waals surface area contributed by atoms with Crippen LogP contribution < -0.4 is 10.9 Å². The maximum Gasteiger partial charge on any atom is 0.279 e. The number of aromatic nitrogens is 5. The minimum atomic E-state index is -0.503. The van der Waals surface area contributed by atoms with Crippen molar-refractivity contribution in [2.24, 2.45) is 7.05 Å². The first-order chi connectivity index (χ1) is 13.4. The maximum absolute atomic E-state index is 12.8. The molecule has 0 unspecified atom stereocenters. The number of anilines is 1. The standard InChI is InChI=1S/C19H15ClN6O2/c1-11-7-8-21-14(9-11)23-18(27)16-15-17(19(28)25(2)10-22-15)26(24-16)13-5-3-12(20)4-6-13/h3-10H,1-2H3,(H,21,23,27). The third-order valence-electron chi connectivity index (χ3n) is 4.19. The number of nitrogens with zero attached hydrogens (tertiary/aromatic N) is 5. The molecule has 28 heavy (non-hydrogen) atoms. The molecule has 0 saturated heterocycles. The SMILES string of the molecule is Cc1ccnc(NC(=O)c2nn(-c3ccc(Cl)cc3)c3c(=O)n(C)cnc23)c1. The van der Waals surface area contributed by atoms with Crippen molar-refractivity contribution in [1.29, 1.82) is 0 Å². The van der Waals surface area contributed by atoms with Crippen molar-refractivity contribution in [2.45, 2.75) is 6.92 Å². The Morgan fingerprint density at radius 2 is 1.89 bits per heavy atom. The van der Waals surface area contributed by atoms with Crippen molar-refractivity contribution in [3.63, 3.8) is 0 Å². The van der Waals surface area contributed by atoms with Gasteiger partial charge in [0.25, 0.3) is 11.5 Å². The van der Waals surface area contributed by atoms with Gasteiger partial charge in [0, 0.05) is 18.3 Å². The minimum absolute atomic E-state index is 0.0333. The third-order valence-corrected chi connectivity index (χ3v) is 4.44. The Morgan fingerprint density at radius 3 is 2.61 bits per heavy atom. The first kappa shape index (κ1) is 17.9. The van der Waals surface area contributed by atoms with Crippen LogP contribution in [0.25, 0.3) is 16.7 Å². The molecule has 0 aliphatic rings. The number of hydrogen-bond donors (Lipinski definition) is 1. The summed E-state index contributed by atoms with van der Waals surface area (Å²) < 4.78 is 2.74. The van der Waals surface area contributed by atoms with Crippen molar-refractivity contribution in [1.82, 2.24) is 24.3 Å². The number of nitrogens with one attached hydrogen (secondary N) is 1. The second kappa shape index (κ2) is 6.90. The summed E-state index contributed by atoms with van der Waals surface area (Å²) in [5.74, 6) is -0.111. The van der Waals surface area contributed by atoms with Gasteiger partial charge < -0.3 is 9.88 Å². The summed E-state index contributed by atoms with van der Waals surface area (Å²) >= 11 is 5.95. The van der Waals surface area contributed by atoms with Gasteiger partial charge in [-0.2, -0.15) is 5.10 Å². The number of hydrogen-bond acceptors (Lipinski definition) is 5. The Bertz CT molecular complexity index is 1260. The molecule has 3 aromatic heterocycles. The molecule has 0 aliphatic heterocycles. The van der Waals surface area contributed by atoms with E-state index in [0.29, 0.717) is 16.5 Å². The number of pyridine rings is 1. The topological polar surface area (TPSA) is 94.7 Å². The van der Waals surface area contributed by atoms with Crippen LogP contribution in [0.3, 0.4) is 0 Å². The lowest BCUT2D eigenvalue weighted by Crippen LogP contribution is -2.19. The van der Waals surface area contributed by atoms with Crippen molar-refractivity contribution in [3.05, 3.63) is 75.6 Å². The number of carbonyl (C=O) groups is 1. The molecule has 4 rings (SSSR count). The minimum Gasteiger partial charge on any atom is -0.305 e. The van der Waals surface area contributed by atoms with E-state index in [9.17, 15) is 9.59 Å². The first-order valence-electron chi connectivity index (χ1n) is 8.38. The molecule has 8 nitrogen and oxygen atoms in total. The van der Waals surface area contributed by atoms with Gasteiger partial charge in [-0.15, -0.1) is 0 Å². The number of halogens is 1. The highest BCUT2D eigenvalue weighted by Gasteiger charge is 2.22. The van der Waals surface area contributed by atoms with E-state index in [2.05, 4.69) is 20.4 Å². The van der Waals surface area contributed by atoms with Crippen LogP contribution in [0, 0.1) is 6.92 Å². The lowest BCUT2D eigenvalue weighted by Gasteiger charge is -2.03. The highest BCUT2D eigenvalue weighted by atomic mass is 35.5. The number of carbonyl (C=O) groups excluding carboxylic acids is 1. The van der Waals surface area contributed by atoms with E-state index in [0.717, 1.165) is 5.56 Å². The van der Waals surface area contributed by atoms with Crippen molar-refractivity contribution in [2.75, 3.05) is 5.32 Å². The fourth-order valence-corrected chi connectivity index (χ4v) is 2.92. The molecule has 1 aromatic carbocycles. The molecule has 1 N–H and O–H groups in total. The molecule has 0 aliphatic carbocycles. The molecule has 3 heterocycles. The van der Waals surface area contributed by atoms with Gasteiger partial charge in [-0.05, 0) is 48.9 Å². The number of amides is 1. The Morgan fingerprint density at radius 1 is 1.14 bits per heavy atom. The van der Waals surface area contributed by atoms with E-state index in [1.165, 1.54) is 15.6 Å². The Balaban J connectivity index is 1.87.